The van der Waals surface area contributed by atoms with Crippen molar-refractivity contribution in [3.05, 3.63) is 41.3 Å². The molecule has 0 bridgehead atoms. The fourth-order valence-electron chi connectivity index (χ4n) is 3.85. The number of aromatic hydroxyl groups is 2. The summed E-state index contributed by atoms with van der Waals surface area (Å²) in [6, 6.07) is 4.91. The lowest BCUT2D eigenvalue weighted by atomic mass is 9.74. The third-order valence-electron chi connectivity index (χ3n) is 5.08. The van der Waals surface area contributed by atoms with Gasteiger partial charge in [-0.2, -0.15) is 0 Å². The predicted octanol–water partition coefficient (Wildman–Crippen LogP) is 2.47. The molecule has 1 aromatic carbocycles. The molecule has 4 rings (SSSR count). The number of pyridine rings is 1. The third-order valence-corrected chi connectivity index (χ3v) is 5.08. The average molecular weight is 346 g/mol. The van der Waals surface area contributed by atoms with Gasteiger partial charge in [-0.3, -0.25) is 0 Å². The zero-order chi connectivity index (χ0) is 17.6. The summed E-state index contributed by atoms with van der Waals surface area (Å²) in [5, 5.41) is 23.3. The number of piperidine rings is 1. The van der Waals surface area contributed by atoms with E-state index in [4.69, 9.17) is 9.47 Å². The van der Waals surface area contributed by atoms with Crippen molar-refractivity contribution in [3.8, 4) is 23.1 Å². The molecule has 0 saturated carbocycles. The van der Waals surface area contributed by atoms with Crippen molar-refractivity contribution in [2.24, 2.45) is 5.92 Å². The number of nitrogens with zero attached hydrogens (tertiary/aromatic N) is 1. The van der Waals surface area contributed by atoms with Crippen LogP contribution in [0.15, 0.2) is 24.4 Å². The van der Waals surface area contributed by atoms with Crippen LogP contribution in [0.3, 0.4) is 0 Å². The van der Waals surface area contributed by atoms with E-state index in [1.54, 1.807) is 19.4 Å². The number of phenols is 2. The molecule has 2 aromatic rings. The number of rotatable bonds is 2. The van der Waals surface area contributed by atoms with E-state index in [2.05, 4.69) is 10.3 Å². The normalized spacial score (nSPS) is 24.8. The smallest absolute Gasteiger partial charge is 0.213 e. The van der Waals surface area contributed by atoms with E-state index >= 15 is 0 Å². The largest absolute Gasteiger partial charge is 0.502 e. The SMILES string of the molecule is COc1cc(C2Oc3c(cc(F)c(O)c3O)C3CNCCC32)ccn1. The molecule has 0 aliphatic carbocycles. The van der Waals surface area contributed by atoms with Gasteiger partial charge >= 0.3 is 0 Å². The Balaban J connectivity index is 1.83. The van der Waals surface area contributed by atoms with E-state index in [0.29, 0.717) is 18.0 Å². The zero-order valence-corrected chi connectivity index (χ0v) is 13.7. The third kappa shape index (κ3) is 2.55. The molecule has 6 nitrogen and oxygen atoms in total. The fraction of sp³-hybridized carbons (Fsp3) is 0.389. The highest BCUT2D eigenvalue weighted by Gasteiger charge is 2.42. The number of aromatic nitrogens is 1. The Morgan fingerprint density at radius 3 is 2.96 bits per heavy atom. The van der Waals surface area contributed by atoms with Crippen LogP contribution in [0, 0.1) is 11.7 Å². The van der Waals surface area contributed by atoms with Gasteiger partial charge in [0.25, 0.3) is 0 Å². The van der Waals surface area contributed by atoms with Crippen LogP contribution in [0.25, 0.3) is 0 Å². The van der Waals surface area contributed by atoms with Crippen molar-refractivity contribution in [2.75, 3.05) is 20.2 Å². The molecule has 1 aromatic heterocycles. The second-order valence-electron chi connectivity index (χ2n) is 6.41. The van der Waals surface area contributed by atoms with E-state index in [-0.39, 0.29) is 23.7 Å². The van der Waals surface area contributed by atoms with Crippen LogP contribution in [-0.2, 0) is 0 Å². The maximum Gasteiger partial charge on any atom is 0.213 e. The summed E-state index contributed by atoms with van der Waals surface area (Å²) in [7, 11) is 1.54. The van der Waals surface area contributed by atoms with E-state index in [1.165, 1.54) is 6.07 Å². The lowest BCUT2D eigenvalue weighted by Crippen LogP contribution is -2.41. The van der Waals surface area contributed by atoms with Gasteiger partial charge in [0.1, 0.15) is 6.10 Å². The molecule has 7 heteroatoms. The lowest BCUT2D eigenvalue weighted by molar-refractivity contribution is 0.0690. The van der Waals surface area contributed by atoms with Gasteiger partial charge < -0.3 is 25.0 Å². The van der Waals surface area contributed by atoms with Gasteiger partial charge in [-0.15, -0.1) is 0 Å². The number of hydrogen-bond acceptors (Lipinski definition) is 6. The van der Waals surface area contributed by atoms with Gasteiger partial charge in [-0.25, -0.2) is 9.37 Å². The summed E-state index contributed by atoms with van der Waals surface area (Å²) < 4.78 is 25.2. The Morgan fingerprint density at radius 2 is 2.16 bits per heavy atom. The van der Waals surface area contributed by atoms with Crippen LogP contribution < -0.4 is 14.8 Å². The van der Waals surface area contributed by atoms with Crippen LogP contribution >= 0.6 is 0 Å². The van der Waals surface area contributed by atoms with Crippen molar-refractivity contribution >= 4 is 0 Å². The van der Waals surface area contributed by atoms with Gasteiger partial charge in [0, 0.05) is 36.2 Å². The highest BCUT2D eigenvalue weighted by molar-refractivity contribution is 5.57. The molecule has 3 atom stereocenters. The molecular weight excluding hydrogens is 327 g/mol. The standard InChI is InChI=1S/C18H19FN2O4/c1-24-14-6-9(2-5-21-14)17-10-3-4-20-8-12(10)11-7-13(19)15(22)16(23)18(11)25-17/h2,5-7,10,12,17,20,22-23H,3-4,8H2,1H3. The minimum absolute atomic E-state index is 0.0253. The first-order chi connectivity index (χ1) is 12.1. The van der Waals surface area contributed by atoms with E-state index in [0.717, 1.165) is 18.5 Å². The average Bonchev–Trinajstić information content (AvgIpc) is 2.66. The summed E-state index contributed by atoms with van der Waals surface area (Å²) in [5.41, 5.74) is 1.46. The van der Waals surface area contributed by atoms with E-state index in [9.17, 15) is 14.6 Å². The molecule has 0 radical (unpaired) electrons. The van der Waals surface area contributed by atoms with Crippen molar-refractivity contribution in [2.45, 2.75) is 18.4 Å². The highest BCUT2D eigenvalue weighted by atomic mass is 19.1. The van der Waals surface area contributed by atoms with E-state index in [1.807, 2.05) is 6.07 Å². The molecule has 3 heterocycles. The van der Waals surface area contributed by atoms with Crippen molar-refractivity contribution in [1.82, 2.24) is 10.3 Å². The Kier molecular flexibility index (Phi) is 3.88. The maximum absolute atomic E-state index is 13.9. The number of halogens is 1. The van der Waals surface area contributed by atoms with Gasteiger partial charge in [-0.05, 0) is 30.7 Å². The molecule has 0 spiro atoms. The van der Waals surface area contributed by atoms with Crippen LogP contribution in [-0.4, -0.2) is 35.4 Å². The summed E-state index contributed by atoms with van der Waals surface area (Å²) >= 11 is 0. The Hall–Kier alpha value is -2.54. The first-order valence-corrected chi connectivity index (χ1v) is 8.21. The van der Waals surface area contributed by atoms with E-state index < -0.39 is 17.3 Å². The predicted molar refractivity (Wildman–Crippen MR) is 87.6 cm³/mol. The molecular formula is C18H19FN2O4. The Labute approximate surface area is 144 Å². The zero-order valence-electron chi connectivity index (χ0n) is 13.7. The lowest BCUT2D eigenvalue weighted by Gasteiger charge is -2.43. The molecule has 0 amide bonds. The fourth-order valence-corrected chi connectivity index (χ4v) is 3.85. The molecule has 1 fully saturated rings. The number of ether oxygens (including phenoxy) is 2. The topological polar surface area (TPSA) is 83.8 Å². The number of benzene rings is 1. The molecule has 2 aliphatic rings. The minimum Gasteiger partial charge on any atom is -0.502 e. The summed E-state index contributed by atoms with van der Waals surface area (Å²) in [4.78, 5) is 4.12. The first-order valence-electron chi connectivity index (χ1n) is 8.21. The number of phenolic OH excluding ortho intramolecular Hbond substituents is 2. The molecule has 3 N–H and O–H groups in total. The van der Waals surface area contributed by atoms with Crippen LogP contribution in [0.4, 0.5) is 4.39 Å². The van der Waals surface area contributed by atoms with Gasteiger partial charge in [0.05, 0.1) is 7.11 Å². The van der Waals surface area contributed by atoms with Crippen molar-refractivity contribution in [1.29, 1.82) is 0 Å². The second kappa shape index (κ2) is 6.07. The van der Waals surface area contributed by atoms with Crippen molar-refractivity contribution < 1.29 is 24.1 Å². The van der Waals surface area contributed by atoms with Crippen LogP contribution in [0.1, 0.15) is 29.6 Å². The molecule has 25 heavy (non-hydrogen) atoms. The Bertz CT molecular complexity index is 814. The number of hydrogen-bond donors (Lipinski definition) is 3. The van der Waals surface area contributed by atoms with Gasteiger partial charge in [0.15, 0.2) is 17.3 Å². The second-order valence-corrected chi connectivity index (χ2v) is 6.41. The van der Waals surface area contributed by atoms with Crippen molar-refractivity contribution in [3.63, 3.8) is 0 Å². The molecule has 132 valence electrons. The first kappa shape index (κ1) is 16.0. The number of nitrogens with one attached hydrogen (secondary N) is 1. The van der Waals surface area contributed by atoms with Crippen LogP contribution in [0.5, 0.6) is 23.1 Å². The monoisotopic (exact) mass is 346 g/mol. The Morgan fingerprint density at radius 1 is 1.32 bits per heavy atom. The number of fused-ring (bicyclic) bond motifs is 3. The highest BCUT2D eigenvalue weighted by Crippen LogP contribution is 2.54. The molecule has 1 saturated heterocycles. The number of methoxy groups -OCH3 is 1. The quantitative estimate of drug-likeness (QED) is 0.725. The molecule has 3 unspecified atom stereocenters. The molecule has 2 aliphatic heterocycles. The minimum atomic E-state index is -0.840. The maximum atomic E-state index is 13.9. The van der Waals surface area contributed by atoms with Gasteiger partial charge in [0.2, 0.25) is 11.6 Å². The summed E-state index contributed by atoms with van der Waals surface area (Å²) in [6.45, 7) is 1.49. The summed E-state index contributed by atoms with van der Waals surface area (Å²) in [6.07, 6.45) is 2.15. The van der Waals surface area contributed by atoms with Gasteiger partial charge in [-0.1, -0.05) is 0 Å². The van der Waals surface area contributed by atoms with Crippen LogP contribution in [0.2, 0.25) is 0 Å². The summed E-state index contributed by atoms with van der Waals surface area (Å²) in [5.74, 6) is -1.47.